The number of carbonyl (C=O) groups is 1. The van der Waals surface area contributed by atoms with Gasteiger partial charge in [0.25, 0.3) is 10.9 Å². The second-order valence-corrected chi connectivity index (χ2v) is 6.07. The number of amides is 1. The molecule has 0 saturated carbocycles. The molecule has 122 valence electrons. The first-order chi connectivity index (χ1) is 11.5. The molecule has 3 rings (SSSR count). The van der Waals surface area contributed by atoms with Crippen molar-refractivity contribution in [3.8, 4) is 0 Å². The minimum atomic E-state index is -0.602. The van der Waals surface area contributed by atoms with E-state index in [-0.39, 0.29) is 22.2 Å². The van der Waals surface area contributed by atoms with Crippen LogP contribution in [0.3, 0.4) is 0 Å². The van der Waals surface area contributed by atoms with Crippen molar-refractivity contribution in [2.75, 3.05) is 11.1 Å². The van der Waals surface area contributed by atoms with Crippen molar-refractivity contribution in [3.63, 3.8) is 0 Å². The summed E-state index contributed by atoms with van der Waals surface area (Å²) in [6, 6.07) is 11.3. The molecule has 24 heavy (non-hydrogen) atoms. The average Bonchev–Trinajstić information content (AvgIpc) is 2.97. The number of nitro groups is 1. The molecular formula is C15H10ClN3O4S. The Morgan fingerprint density at radius 1 is 1.33 bits per heavy atom. The van der Waals surface area contributed by atoms with Crippen molar-refractivity contribution >= 4 is 51.7 Å². The zero-order valence-electron chi connectivity index (χ0n) is 12.1. The van der Waals surface area contributed by atoms with Gasteiger partial charge in [-0.1, -0.05) is 35.5 Å². The van der Waals surface area contributed by atoms with Crippen LogP contribution in [0.2, 0.25) is 5.02 Å². The summed E-state index contributed by atoms with van der Waals surface area (Å²) in [5.74, 6) is -0.403. The van der Waals surface area contributed by atoms with E-state index in [1.165, 1.54) is 18.2 Å². The molecule has 0 aliphatic heterocycles. The quantitative estimate of drug-likeness (QED) is 0.416. The van der Waals surface area contributed by atoms with Crippen molar-refractivity contribution in [2.45, 2.75) is 5.22 Å². The molecule has 1 aromatic heterocycles. The Morgan fingerprint density at radius 2 is 2.12 bits per heavy atom. The van der Waals surface area contributed by atoms with E-state index in [0.717, 1.165) is 11.8 Å². The van der Waals surface area contributed by atoms with E-state index < -0.39 is 10.8 Å². The molecule has 0 unspecified atom stereocenters. The summed E-state index contributed by atoms with van der Waals surface area (Å²) in [5, 5.41) is 14.1. The lowest BCUT2D eigenvalue weighted by Gasteiger charge is -2.05. The van der Waals surface area contributed by atoms with Crippen LogP contribution in [0.25, 0.3) is 11.1 Å². The summed E-state index contributed by atoms with van der Waals surface area (Å²) in [6.45, 7) is 0. The van der Waals surface area contributed by atoms with Crippen LogP contribution in [0.15, 0.2) is 52.1 Å². The third-order valence-corrected chi connectivity index (χ3v) is 4.09. The van der Waals surface area contributed by atoms with Crippen LogP contribution in [0.1, 0.15) is 0 Å². The molecule has 0 bridgehead atoms. The lowest BCUT2D eigenvalue weighted by atomic mass is 10.2. The molecule has 0 saturated heterocycles. The van der Waals surface area contributed by atoms with Crippen LogP contribution in [-0.2, 0) is 4.79 Å². The number of hydrogen-bond donors (Lipinski definition) is 1. The molecular weight excluding hydrogens is 354 g/mol. The number of nitrogens with one attached hydrogen (secondary N) is 1. The zero-order valence-corrected chi connectivity index (χ0v) is 13.6. The molecule has 0 radical (unpaired) electrons. The van der Waals surface area contributed by atoms with Gasteiger partial charge in [-0.25, -0.2) is 4.98 Å². The number of hydrogen-bond acceptors (Lipinski definition) is 6. The van der Waals surface area contributed by atoms with Crippen molar-refractivity contribution < 1.29 is 14.1 Å². The fraction of sp³-hybridized carbons (Fsp3) is 0.0667. The predicted octanol–water partition coefficient (Wildman–Crippen LogP) is 4.12. The maximum absolute atomic E-state index is 12.0. The first-order valence-corrected chi connectivity index (χ1v) is 8.11. The number of para-hydroxylation sites is 2. The Balaban J connectivity index is 1.66. The number of oxazole rings is 1. The molecule has 0 aliphatic carbocycles. The van der Waals surface area contributed by atoms with E-state index >= 15 is 0 Å². The highest BCUT2D eigenvalue weighted by Gasteiger charge is 2.17. The maximum Gasteiger partial charge on any atom is 0.294 e. The fourth-order valence-electron chi connectivity index (χ4n) is 1.99. The van der Waals surface area contributed by atoms with Gasteiger partial charge in [0, 0.05) is 11.1 Å². The Labute approximate surface area is 145 Å². The zero-order chi connectivity index (χ0) is 17.1. The normalized spacial score (nSPS) is 10.7. The minimum absolute atomic E-state index is 0.00655. The van der Waals surface area contributed by atoms with Crippen LogP contribution in [0.5, 0.6) is 0 Å². The third-order valence-electron chi connectivity index (χ3n) is 3.03. The largest absolute Gasteiger partial charge is 0.431 e. The average molecular weight is 364 g/mol. The smallest absolute Gasteiger partial charge is 0.294 e. The summed E-state index contributed by atoms with van der Waals surface area (Å²) in [6.07, 6.45) is 0. The van der Waals surface area contributed by atoms with Crippen LogP contribution in [0.4, 0.5) is 11.4 Å². The number of rotatable bonds is 5. The van der Waals surface area contributed by atoms with Gasteiger partial charge >= 0.3 is 0 Å². The van der Waals surface area contributed by atoms with Crippen LogP contribution in [-0.4, -0.2) is 21.6 Å². The van der Waals surface area contributed by atoms with Gasteiger partial charge in [0.1, 0.15) is 11.2 Å². The van der Waals surface area contributed by atoms with Gasteiger partial charge in [-0.2, -0.15) is 0 Å². The molecule has 7 nitrogen and oxygen atoms in total. The number of thioether (sulfide) groups is 1. The van der Waals surface area contributed by atoms with Gasteiger partial charge in [-0.15, -0.1) is 0 Å². The number of fused-ring (bicyclic) bond motifs is 1. The summed E-state index contributed by atoms with van der Waals surface area (Å²) < 4.78 is 5.49. The van der Waals surface area contributed by atoms with Crippen molar-refractivity contribution in [3.05, 3.63) is 57.6 Å². The highest BCUT2D eigenvalue weighted by atomic mass is 35.5. The predicted molar refractivity (Wildman–Crippen MR) is 91.5 cm³/mol. The Morgan fingerprint density at radius 3 is 2.88 bits per heavy atom. The van der Waals surface area contributed by atoms with Gasteiger partial charge in [-0.3, -0.25) is 14.9 Å². The van der Waals surface area contributed by atoms with Crippen LogP contribution >= 0.6 is 23.4 Å². The minimum Gasteiger partial charge on any atom is -0.431 e. The molecule has 2 aromatic carbocycles. The molecule has 0 aliphatic rings. The maximum atomic E-state index is 12.0. The SMILES string of the molecule is O=C(CSc1nc2ccccc2o1)Nc1ccc(Cl)cc1[N+](=O)[O-]. The second kappa shape index (κ2) is 6.90. The lowest BCUT2D eigenvalue weighted by molar-refractivity contribution is -0.383. The monoisotopic (exact) mass is 363 g/mol. The van der Waals surface area contributed by atoms with Gasteiger partial charge in [0.05, 0.1) is 10.7 Å². The molecule has 3 aromatic rings. The Bertz CT molecular complexity index is 895. The fourth-order valence-corrected chi connectivity index (χ4v) is 2.79. The summed E-state index contributed by atoms with van der Waals surface area (Å²) in [4.78, 5) is 26.6. The van der Waals surface area contributed by atoms with Crippen LogP contribution < -0.4 is 5.32 Å². The topological polar surface area (TPSA) is 98.3 Å². The number of anilines is 1. The molecule has 0 spiro atoms. The Hall–Kier alpha value is -2.58. The molecule has 1 amide bonds. The third kappa shape index (κ3) is 3.66. The van der Waals surface area contributed by atoms with E-state index in [9.17, 15) is 14.9 Å². The molecule has 0 fully saturated rings. The molecule has 1 heterocycles. The first-order valence-electron chi connectivity index (χ1n) is 6.75. The standard InChI is InChI=1S/C15H10ClN3O4S/c16-9-5-6-10(12(7-9)19(21)22)17-14(20)8-24-15-18-11-3-1-2-4-13(11)23-15/h1-7H,8H2,(H,17,20). The number of halogens is 1. The lowest BCUT2D eigenvalue weighted by Crippen LogP contribution is -2.15. The highest BCUT2D eigenvalue weighted by molar-refractivity contribution is 7.99. The summed E-state index contributed by atoms with van der Waals surface area (Å²) in [5.41, 5.74) is 1.16. The van der Waals surface area contributed by atoms with E-state index in [2.05, 4.69) is 10.3 Å². The number of aromatic nitrogens is 1. The van der Waals surface area contributed by atoms with Crippen molar-refractivity contribution in [1.29, 1.82) is 0 Å². The number of nitro benzene ring substituents is 1. The summed E-state index contributed by atoms with van der Waals surface area (Å²) >= 11 is 6.84. The number of carbonyl (C=O) groups excluding carboxylic acids is 1. The number of nitrogens with zero attached hydrogens (tertiary/aromatic N) is 2. The highest BCUT2D eigenvalue weighted by Crippen LogP contribution is 2.28. The molecule has 0 atom stereocenters. The van der Waals surface area contributed by atoms with E-state index in [0.29, 0.717) is 16.3 Å². The van der Waals surface area contributed by atoms with Crippen LogP contribution in [0, 0.1) is 10.1 Å². The van der Waals surface area contributed by atoms with Gasteiger partial charge in [-0.05, 0) is 24.3 Å². The molecule has 1 N–H and O–H groups in total. The molecule has 9 heteroatoms. The Kier molecular flexibility index (Phi) is 4.68. The van der Waals surface area contributed by atoms with Gasteiger partial charge in [0.2, 0.25) is 5.91 Å². The van der Waals surface area contributed by atoms with E-state index in [4.69, 9.17) is 16.0 Å². The number of benzene rings is 2. The van der Waals surface area contributed by atoms with E-state index in [1.807, 2.05) is 12.1 Å². The van der Waals surface area contributed by atoms with E-state index in [1.54, 1.807) is 12.1 Å². The van der Waals surface area contributed by atoms with Crippen molar-refractivity contribution in [1.82, 2.24) is 4.98 Å². The first kappa shape index (κ1) is 16.3. The van der Waals surface area contributed by atoms with Crippen molar-refractivity contribution in [2.24, 2.45) is 0 Å². The van der Waals surface area contributed by atoms with Gasteiger partial charge < -0.3 is 9.73 Å². The summed E-state index contributed by atoms with van der Waals surface area (Å²) in [7, 11) is 0. The van der Waals surface area contributed by atoms with Gasteiger partial charge in [0.15, 0.2) is 5.58 Å². The second-order valence-electron chi connectivity index (χ2n) is 4.70.